The van der Waals surface area contributed by atoms with Crippen molar-refractivity contribution in [2.45, 2.75) is 18.9 Å². The van der Waals surface area contributed by atoms with Gasteiger partial charge < -0.3 is 9.47 Å². The zero-order valence-corrected chi connectivity index (χ0v) is 10.3. The second kappa shape index (κ2) is 5.84. The molecule has 0 radical (unpaired) electrons. The topological polar surface area (TPSA) is 56.5 Å². The summed E-state index contributed by atoms with van der Waals surface area (Å²) in [6, 6.07) is 4.29. The normalized spacial score (nSPS) is 16.7. The molecule has 0 spiro atoms. The molecule has 0 fully saturated rings. The lowest BCUT2D eigenvalue weighted by atomic mass is 9.94. The highest BCUT2D eigenvalue weighted by molar-refractivity contribution is 5.41. The largest absolute Gasteiger partial charge is 0.501 e. The number of benzene rings is 1. The van der Waals surface area contributed by atoms with Crippen molar-refractivity contribution in [3.05, 3.63) is 41.4 Å². The monoisotopic (exact) mass is 252 g/mol. The molecule has 0 saturated heterocycles. The van der Waals surface area contributed by atoms with Gasteiger partial charge in [0.1, 0.15) is 11.6 Å². The van der Waals surface area contributed by atoms with E-state index in [1.807, 2.05) is 0 Å². The van der Waals surface area contributed by atoms with E-state index in [-0.39, 0.29) is 5.82 Å². The molecule has 1 atom stereocenters. The molecule has 3 N–H and O–H groups in total. The number of ether oxygens (including phenoxy) is 2. The van der Waals surface area contributed by atoms with Crippen LogP contribution in [0.1, 0.15) is 24.4 Å². The predicted octanol–water partition coefficient (Wildman–Crippen LogP) is 2.03. The maximum absolute atomic E-state index is 14.0. The number of nitrogens with two attached hydrogens (primary N) is 1. The van der Waals surface area contributed by atoms with E-state index in [2.05, 4.69) is 5.43 Å². The Morgan fingerprint density at radius 1 is 1.50 bits per heavy atom. The Morgan fingerprint density at radius 3 is 2.94 bits per heavy atom. The Kier molecular flexibility index (Phi) is 4.17. The van der Waals surface area contributed by atoms with Crippen molar-refractivity contribution >= 4 is 0 Å². The van der Waals surface area contributed by atoms with Crippen LogP contribution in [0.15, 0.2) is 30.0 Å². The minimum Gasteiger partial charge on any atom is -0.501 e. The first-order valence-electron chi connectivity index (χ1n) is 5.87. The first kappa shape index (κ1) is 12.9. The number of hydrogen-bond acceptors (Lipinski definition) is 4. The zero-order valence-electron chi connectivity index (χ0n) is 10.3. The fourth-order valence-corrected chi connectivity index (χ4v) is 2.15. The van der Waals surface area contributed by atoms with Crippen LogP contribution < -0.4 is 16.0 Å². The van der Waals surface area contributed by atoms with Gasteiger partial charge in [-0.05, 0) is 30.5 Å². The number of methoxy groups -OCH3 is 1. The molecule has 0 aromatic heterocycles. The van der Waals surface area contributed by atoms with Crippen LogP contribution in [0.25, 0.3) is 0 Å². The zero-order chi connectivity index (χ0) is 13.0. The summed E-state index contributed by atoms with van der Waals surface area (Å²) >= 11 is 0. The third-order valence-corrected chi connectivity index (χ3v) is 3.02. The molecule has 1 aliphatic heterocycles. The van der Waals surface area contributed by atoms with Crippen molar-refractivity contribution in [1.82, 2.24) is 5.43 Å². The Hall–Kier alpha value is -1.59. The van der Waals surface area contributed by atoms with Gasteiger partial charge in [0, 0.05) is 0 Å². The lowest BCUT2D eigenvalue weighted by molar-refractivity contribution is 0.219. The van der Waals surface area contributed by atoms with Crippen LogP contribution in [0.2, 0.25) is 0 Å². The van der Waals surface area contributed by atoms with Gasteiger partial charge in [-0.25, -0.2) is 9.82 Å². The van der Waals surface area contributed by atoms with E-state index < -0.39 is 6.04 Å². The number of rotatable bonds is 4. The molecule has 0 amide bonds. The van der Waals surface area contributed by atoms with Crippen molar-refractivity contribution in [2.24, 2.45) is 5.84 Å². The van der Waals surface area contributed by atoms with Crippen LogP contribution in [0.4, 0.5) is 4.39 Å². The van der Waals surface area contributed by atoms with E-state index >= 15 is 0 Å². The molecular weight excluding hydrogens is 235 g/mol. The predicted molar refractivity (Wildman–Crippen MR) is 66.3 cm³/mol. The van der Waals surface area contributed by atoms with Crippen LogP contribution in [0.3, 0.4) is 0 Å². The molecule has 0 aliphatic carbocycles. The summed E-state index contributed by atoms with van der Waals surface area (Å²) in [6.45, 7) is 0.690. The summed E-state index contributed by atoms with van der Waals surface area (Å²) in [6.07, 6.45) is 3.38. The van der Waals surface area contributed by atoms with Crippen LogP contribution in [0.5, 0.6) is 5.75 Å². The van der Waals surface area contributed by atoms with Gasteiger partial charge >= 0.3 is 0 Å². The quantitative estimate of drug-likeness (QED) is 0.636. The third kappa shape index (κ3) is 2.47. The molecule has 5 heteroatoms. The summed E-state index contributed by atoms with van der Waals surface area (Å²) in [5.41, 5.74) is 3.97. The van der Waals surface area contributed by atoms with Gasteiger partial charge in [0.05, 0.1) is 31.6 Å². The summed E-state index contributed by atoms with van der Waals surface area (Å²) in [7, 11) is 1.51. The van der Waals surface area contributed by atoms with Gasteiger partial charge in [0.15, 0.2) is 0 Å². The van der Waals surface area contributed by atoms with E-state index in [9.17, 15) is 4.39 Å². The van der Waals surface area contributed by atoms with Crippen molar-refractivity contribution < 1.29 is 13.9 Å². The number of nitrogens with one attached hydrogen (secondary N) is 1. The molecule has 2 rings (SSSR count). The van der Waals surface area contributed by atoms with E-state index in [1.54, 1.807) is 18.4 Å². The molecule has 98 valence electrons. The van der Waals surface area contributed by atoms with Crippen LogP contribution in [0, 0.1) is 5.82 Å². The molecule has 1 aromatic rings. The summed E-state index contributed by atoms with van der Waals surface area (Å²) in [5.74, 6) is 5.69. The Bertz CT molecular complexity index is 449. The number of hydrogen-bond donors (Lipinski definition) is 2. The SMILES string of the molecule is COc1cccc(F)c1C(NN)C1=COCCC1. The fraction of sp³-hybridized carbons (Fsp3) is 0.385. The van der Waals surface area contributed by atoms with Gasteiger partial charge in [-0.1, -0.05) is 6.07 Å². The minimum atomic E-state index is -0.429. The van der Waals surface area contributed by atoms with E-state index in [4.69, 9.17) is 15.3 Å². The Balaban J connectivity index is 2.40. The average Bonchev–Trinajstić information content (AvgIpc) is 2.42. The Morgan fingerprint density at radius 2 is 2.33 bits per heavy atom. The van der Waals surface area contributed by atoms with Crippen molar-refractivity contribution in [2.75, 3.05) is 13.7 Å². The van der Waals surface area contributed by atoms with E-state index in [0.29, 0.717) is 17.9 Å². The van der Waals surface area contributed by atoms with Crippen molar-refractivity contribution in [3.8, 4) is 5.75 Å². The maximum Gasteiger partial charge on any atom is 0.132 e. The molecule has 0 saturated carbocycles. The summed E-state index contributed by atoms with van der Waals surface area (Å²) in [5, 5.41) is 0. The van der Waals surface area contributed by atoms with Crippen LogP contribution in [-0.4, -0.2) is 13.7 Å². The highest BCUT2D eigenvalue weighted by Gasteiger charge is 2.24. The van der Waals surface area contributed by atoms with Gasteiger partial charge in [0.2, 0.25) is 0 Å². The van der Waals surface area contributed by atoms with Gasteiger partial charge in [-0.2, -0.15) is 0 Å². The second-order valence-corrected chi connectivity index (χ2v) is 4.12. The minimum absolute atomic E-state index is 0.344. The Labute approximate surface area is 106 Å². The average molecular weight is 252 g/mol. The third-order valence-electron chi connectivity index (χ3n) is 3.02. The van der Waals surface area contributed by atoms with Gasteiger partial charge in [-0.15, -0.1) is 0 Å². The number of halogens is 1. The standard InChI is InChI=1S/C13H17FN2O2/c1-17-11-6-2-5-10(14)12(11)13(16-15)9-4-3-7-18-8-9/h2,5-6,8,13,16H,3-4,7,15H2,1H3. The highest BCUT2D eigenvalue weighted by Crippen LogP contribution is 2.34. The van der Waals surface area contributed by atoms with Crippen molar-refractivity contribution in [1.29, 1.82) is 0 Å². The molecule has 0 bridgehead atoms. The van der Waals surface area contributed by atoms with Gasteiger partial charge in [-0.3, -0.25) is 5.84 Å². The van der Waals surface area contributed by atoms with Crippen molar-refractivity contribution in [3.63, 3.8) is 0 Å². The molecular formula is C13H17FN2O2. The first-order chi connectivity index (χ1) is 8.77. The number of hydrazine groups is 1. The lowest BCUT2D eigenvalue weighted by Gasteiger charge is -2.24. The van der Waals surface area contributed by atoms with Gasteiger partial charge in [0.25, 0.3) is 0 Å². The molecule has 1 heterocycles. The summed E-state index contributed by atoms with van der Waals surface area (Å²) < 4.78 is 24.5. The fourth-order valence-electron chi connectivity index (χ4n) is 2.15. The molecule has 1 aromatic carbocycles. The van der Waals surface area contributed by atoms with Crippen LogP contribution in [-0.2, 0) is 4.74 Å². The highest BCUT2D eigenvalue weighted by atomic mass is 19.1. The van der Waals surface area contributed by atoms with Crippen LogP contribution >= 0.6 is 0 Å². The molecule has 1 aliphatic rings. The molecule has 4 nitrogen and oxygen atoms in total. The molecule has 18 heavy (non-hydrogen) atoms. The lowest BCUT2D eigenvalue weighted by Crippen LogP contribution is -2.31. The second-order valence-electron chi connectivity index (χ2n) is 4.12. The van der Waals surface area contributed by atoms with E-state index in [1.165, 1.54) is 13.2 Å². The first-order valence-corrected chi connectivity index (χ1v) is 5.87. The molecule has 1 unspecified atom stereocenters. The smallest absolute Gasteiger partial charge is 0.132 e. The summed E-state index contributed by atoms with van der Waals surface area (Å²) in [4.78, 5) is 0. The van der Waals surface area contributed by atoms with E-state index in [0.717, 1.165) is 18.4 Å². The maximum atomic E-state index is 14.0.